The molecular formula is C14H12BrClN2O. The van der Waals surface area contributed by atoms with Crippen LogP contribution in [0.1, 0.15) is 15.9 Å². The van der Waals surface area contributed by atoms with Crippen molar-refractivity contribution in [2.45, 2.75) is 6.42 Å². The third-order valence-corrected chi connectivity index (χ3v) is 3.84. The van der Waals surface area contributed by atoms with Crippen molar-refractivity contribution in [2.75, 3.05) is 6.54 Å². The van der Waals surface area contributed by atoms with Crippen LogP contribution in [-0.4, -0.2) is 17.4 Å². The standard InChI is InChI=1S/C14H12BrClN2O/c15-12-4-3-11(8-13(12)16)14(19)18-7-5-10-2-1-6-17-9-10/h1-4,6,8-9H,5,7H2,(H,18,19). The molecule has 0 aliphatic carbocycles. The molecule has 0 radical (unpaired) electrons. The van der Waals surface area contributed by atoms with Crippen LogP contribution in [0.3, 0.4) is 0 Å². The van der Waals surface area contributed by atoms with Crippen molar-refractivity contribution in [3.63, 3.8) is 0 Å². The number of aromatic nitrogens is 1. The maximum atomic E-state index is 11.9. The van der Waals surface area contributed by atoms with E-state index in [0.717, 1.165) is 16.5 Å². The molecule has 1 N–H and O–H groups in total. The third kappa shape index (κ3) is 4.04. The molecule has 0 atom stereocenters. The summed E-state index contributed by atoms with van der Waals surface area (Å²) in [4.78, 5) is 15.9. The largest absolute Gasteiger partial charge is 0.352 e. The molecule has 3 nitrogen and oxygen atoms in total. The van der Waals surface area contributed by atoms with Gasteiger partial charge in [-0.2, -0.15) is 0 Å². The Morgan fingerprint density at radius 3 is 2.89 bits per heavy atom. The minimum atomic E-state index is -0.127. The summed E-state index contributed by atoms with van der Waals surface area (Å²) in [5.74, 6) is -0.127. The van der Waals surface area contributed by atoms with E-state index in [1.54, 1.807) is 30.6 Å². The second-order valence-corrected chi connectivity index (χ2v) is 5.26. The molecule has 1 amide bonds. The molecule has 1 heterocycles. The molecule has 1 aromatic carbocycles. The highest BCUT2D eigenvalue weighted by Gasteiger charge is 2.07. The molecular weight excluding hydrogens is 328 g/mol. The number of nitrogens with one attached hydrogen (secondary N) is 1. The highest BCUT2D eigenvalue weighted by molar-refractivity contribution is 9.10. The van der Waals surface area contributed by atoms with Gasteiger partial charge in [-0.1, -0.05) is 17.7 Å². The van der Waals surface area contributed by atoms with Crippen molar-refractivity contribution >= 4 is 33.4 Å². The van der Waals surface area contributed by atoms with Crippen LogP contribution in [0.4, 0.5) is 0 Å². The molecule has 0 saturated heterocycles. The van der Waals surface area contributed by atoms with Gasteiger partial charge in [0.2, 0.25) is 0 Å². The Labute approximate surface area is 125 Å². The van der Waals surface area contributed by atoms with E-state index >= 15 is 0 Å². The molecule has 98 valence electrons. The molecule has 2 aromatic rings. The minimum absolute atomic E-state index is 0.127. The van der Waals surface area contributed by atoms with Crippen molar-refractivity contribution < 1.29 is 4.79 Å². The second-order valence-electron chi connectivity index (χ2n) is 4.00. The van der Waals surface area contributed by atoms with Crippen LogP contribution in [-0.2, 0) is 6.42 Å². The van der Waals surface area contributed by atoms with Crippen LogP contribution in [0, 0.1) is 0 Å². The molecule has 0 bridgehead atoms. The summed E-state index contributed by atoms with van der Waals surface area (Å²) in [6, 6.07) is 9.00. The van der Waals surface area contributed by atoms with Crippen molar-refractivity contribution in [3.05, 3.63) is 63.3 Å². The number of carbonyl (C=O) groups is 1. The number of carbonyl (C=O) groups excluding carboxylic acids is 1. The predicted molar refractivity (Wildman–Crippen MR) is 79.4 cm³/mol. The lowest BCUT2D eigenvalue weighted by Gasteiger charge is -2.06. The van der Waals surface area contributed by atoms with Gasteiger partial charge in [0.25, 0.3) is 5.91 Å². The lowest BCUT2D eigenvalue weighted by molar-refractivity contribution is 0.0954. The van der Waals surface area contributed by atoms with Crippen LogP contribution in [0.5, 0.6) is 0 Å². The zero-order valence-corrected chi connectivity index (χ0v) is 12.4. The molecule has 0 fully saturated rings. The van der Waals surface area contributed by atoms with E-state index in [4.69, 9.17) is 11.6 Å². The van der Waals surface area contributed by atoms with Gasteiger partial charge >= 0.3 is 0 Å². The first-order valence-electron chi connectivity index (χ1n) is 5.79. The van der Waals surface area contributed by atoms with Gasteiger partial charge in [0.1, 0.15) is 0 Å². The highest BCUT2D eigenvalue weighted by atomic mass is 79.9. The van der Waals surface area contributed by atoms with E-state index in [1.165, 1.54) is 0 Å². The Bertz CT molecular complexity index is 575. The number of hydrogen-bond acceptors (Lipinski definition) is 2. The topological polar surface area (TPSA) is 42.0 Å². The van der Waals surface area contributed by atoms with Crippen molar-refractivity contribution in [1.29, 1.82) is 0 Å². The quantitative estimate of drug-likeness (QED) is 0.927. The number of amides is 1. The lowest BCUT2D eigenvalue weighted by Crippen LogP contribution is -2.25. The second kappa shape index (κ2) is 6.68. The lowest BCUT2D eigenvalue weighted by atomic mass is 10.2. The van der Waals surface area contributed by atoms with E-state index in [-0.39, 0.29) is 5.91 Å². The minimum Gasteiger partial charge on any atom is -0.352 e. The summed E-state index contributed by atoms with van der Waals surface area (Å²) in [6.45, 7) is 0.568. The summed E-state index contributed by atoms with van der Waals surface area (Å²) in [5.41, 5.74) is 1.65. The van der Waals surface area contributed by atoms with Gasteiger partial charge in [-0.15, -0.1) is 0 Å². The smallest absolute Gasteiger partial charge is 0.251 e. The van der Waals surface area contributed by atoms with Crippen LogP contribution in [0.2, 0.25) is 5.02 Å². The normalized spacial score (nSPS) is 10.2. The average Bonchev–Trinajstić information content (AvgIpc) is 2.43. The van der Waals surface area contributed by atoms with Gasteiger partial charge in [0, 0.05) is 29.0 Å². The van der Waals surface area contributed by atoms with Crippen LogP contribution >= 0.6 is 27.5 Å². The van der Waals surface area contributed by atoms with E-state index in [2.05, 4.69) is 26.2 Å². The van der Waals surface area contributed by atoms with Gasteiger partial charge in [0.05, 0.1) is 5.02 Å². The summed E-state index contributed by atoms with van der Waals surface area (Å²) >= 11 is 9.24. The first-order valence-corrected chi connectivity index (χ1v) is 6.96. The van der Waals surface area contributed by atoms with Gasteiger partial charge in [-0.25, -0.2) is 0 Å². The molecule has 0 saturated carbocycles. The molecule has 0 unspecified atom stereocenters. The zero-order valence-electron chi connectivity index (χ0n) is 10.1. The predicted octanol–water partition coefficient (Wildman–Crippen LogP) is 3.47. The Morgan fingerprint density at radius 1 is 1.37 bits per heavy atom. The van der Waals surface area contributed by atoms with Crippen LogP contribution in [0.15, 0.2) is 47.2 Å². The number of benzene rings is 1. The third-order valence-electron chi connectivity index (χ3n) is 2.60. The average molecular weight is 340 g/mol. The van der Waals surface area contributed by atoms with Crippen molar-refractivity contribution in [1.82, 2.24) is 10.3 Å². The van der Waals surface area contributed by atoms with Crippen molar-refractivity contribution in [3.8, 4) is 0 Å². The summed E-state index contributed by atoms with van der Waals surface area (Å²) in [6.07, 6.45) is 4.28. The SMILES string of the molecule is O=C(NCCc1cccnc1)c1ccc(Br)c(Cl)c1. The Kier molecular flexibility index (Phi) is 4.93. The molecule has 19 heavy (non-hydrogen) atoms. The maximum absolute atomic E-state index is 11.9. The maximum Gasteiger partial charge on any atom is 0.251 e. The Hall–Kier alpha value is -1.39. The van der Waals surface area contributed by atoms with Gasteiger partial charge in [-0.05, 0) is 52.2 Å². The van der Waals surface area contributed by atoms with E-state index in [9.17, 15) is 4.79 Å². The number of nitrogens with zero attached hydrogens (tertiary/aromatic N) is 1. The summed E-state index contributed by atoms with van der Waals surface area (Å²) < 4.78 is 0.779. The molecule has 2 rings (SSSR count). The summed E-state index contributed by atoms with van der Waals surface area (Å²) in [5, 5.41) is 3.38. The molecule has 0 spiro atoms. The first-order chi connectivity index (χ1) is 9.16. The van der Waals surface area contributed by atoms with Crippen LogP contribution in [0.25, 0.3) is 0 Å². The Morgan fingerprint density at radius 2 is 2.21 bits per heavy atom. The fourth-order valence-electron chi connectivity index (χ4n) is 1.61. The number of pyridine rings is 1. The van der Waals surface area contributed by atoms with Gasteiger partial charge < -0.3 is 5.32 Å². The Balaban J connectivity index is 1.89. The number of rotatable bonds is 4. The fraction of sp³-hybridized carbons (Fsp3) is 0.143. The van der Waals surface area contributed by atoms with Crippen LogP contribution < -0.4 is 5.32 Å². The van der Waals surface area contributed by atoms with Gasteiger partial charge in [-0.3, -0.25) is 9.78 Å². The number of halogens is 2. The van der Waals surface area contributed by atoms with E-state index < -0.39 is 0 Å². The highest BCUT2D eigenvalue weighted by Crippen LogP contribution is 2.23. The zero-order chi connectivity index (χ0) is 13.7. The van der Waals surface area contributed by atoms with Gasteiger partial charge in [0.15, 0.2) is 0 Å². The molecule has 0 aliphatic rings. The fourth-order valence-corrected chi connectivity index (χ4v) is 2.03. The first kappa shape index (κ1) is 14.0. The summed E-state index contributed by atoms with van der Waals surface area (Å²) in [7, 11) is 0. The molecule has 5 heteroatoms. The monoisotopic (exact) mass is 338 g/mol. The molecule has 1 aromatic heterocycles. The molecule has 0 aliphatic heterocycles. The van der Waals surface area contributed by atoms with E-state index in [0.29, 0.717) is 17.1 Å². The number of hydrogen-bond donors (Lipinski definition) is 1. The van der Waals surface area contributed by atoms with E-state index in [1.807, 2.05) is 12.1 Å². The van der Waals surface area contributed by atoms with Crippen molar-refractivity contribution in [2.24, 2.45) is 0 Å².